The van der Waals surface area contributed by atoms with E-state index in [4.69, 9.17) is 0 Å². The molecule has 3 atom stereocenters. The van der Waals surface area contributed by atoms with Gasteiger partial charge in [-0.25, -0.2) is 0 Å². The van der Waals surface area contributed by atoms with Crippen LogP contribution in [0.2, 0.25) is 0 Å². The number of aliphatic hydroxyl groups is 2. The van der Waals surface area contributed by atoms with Crippen LogP contribution in [-0.4, -0.2) is 27.2 Å². The third-order valence-corrected chi connectivity index (χ3v) is 2.97. The van der Waals surface area contributed by atoms with Gasteiger partial charge in [0.25, 0.3) is 0 Å². The minimum atomic E-state index is -0.648. The lowest BCUT2D eigenvalue weighted by atomic mass is 9.98. The quantitative estimate of drug-likeness (QED) is 0.719. The van der Waals surface area contributed by atoms with Gasteiger partial charge in [-0.05, 0) is 12.3 Å². The predicted molar refractivity (Wildman–Crippen MR) is 54.5 cm³/mol. The van der Waals surface area contributed by atoms with Crippen LogP contribution in [0.5, 0.6) is 0 Å². The van der Waals surface area contributed by atoms with Crippen molar-refractivity contribution in [2.24, 2.45) is 5.92 Å². The summed E-state index contributed by atoms with van der Waals surface area (Å²) in [5.41, 5.74) is 0. The summed E-state index contributed by atoms with van der Waals surface area (Å²) in [4.78, 5) is 0.0138. The highest BCUT2D eigenvalue weighted by Gasteiger charge is 2.25. The van der Waals surface area contributed by atoms with Crippen molar-refractivity contribution in [1.29, 1.82) is 0 Å². The molecule has 0 spiro atoms. The first-order valence-corrected chi connectivity index (χ1v) is 5.42. The lowest BCUT2D eigenvalue weighted by molar-refractivity contribution is -0.00857. The molecule has 12 heavy (non-hydrogen) atoms. The van der Waals surface area contributed by atoms with E-state index in [1.54, 1.807) is 0 Å². The van der Waals surface area contributed by atoms with Crippen molar-refractivity contribution < 1.29 is 10.2 Å². The molecule has 0 unspecified atom stereocenters. The van der Waals surface area contributed by atoms with Gasteiger partial charge in [-0.3, -0.25) is 0 Å². The Kier molecular flexibility index (Phi) is 6.14. The Morgan fingerprint density at radius 1 is 1.17 bits per heavy atom. The lowest BCUT2D eigenvalue weighted by Crippen LogP contribution is -2.37. The van der Waals surface area contributed by atoms with E-state index >= 15 is 0 Å². The second-order valence-corrected chi connectivity index (χ2v) is 4.71. The van der Waals surface area contributed by atoms with E-state index < -0.39 is 12.2 Å². The Morgan fingerprint density at radius 2 is 1.67 bits per heavy atom. The molecule has 0 amide bonds. The third-order valence-electron chi connectivity index (χ3n) is 1.97. The van der Waals surface area contributed by atoms with E-state index in [-0.39, 0.29) is 10.7 Å². The maximum atomic E-state index is 9.59. The molecule has 0 bridgehead atoms. The highest BCUT2D eigenvalue weighted by atomic mass is 79.9. The van der Waals surface area contributed by atoms with Gasteiger partial charge in [-0.1, -0.05) is 43.1 Å². The molecule has 3 heteroatoms. The minimum absolute atomic E-state index is 0.0138. The number of aliphatic hydroxyl groups excluding tert-OH is 2. The molecule has 0 aliphatic carbocycles. The van der Waals surface area contributed by atoms with Crippen LogP contribution in [0.4, 0.5) is 0 Å². The zero-order valence-electron chi connectivity index (χ0n) is 8.00. The van der Waals surface area contributed by atoms with Crippen LogP contribution in [0.15, 0.2) is 0 Å². The summed E-state index contributed by atoms with van der Waals surface area (Å²) in [6.07, 6.45) is 0.633. The maximum Gasteiger partial charge on any atom is 0.0926 e. The topological polar surface area (TPSA) is 40.5 Å². The Bertz CT molecular complexity index is 117. The van der Waals surface area contributed by atoms with E-state index in [1.807, 2.05) is 13.8 Å². The van der Waals surface area contributed by atoms with Gasteiger partial charge >= 0.3 is 0 Å². The molecule has 0 radical (unpaired) electrons. The van der Waals surface area contributed by atoms with Crippen LogP contribution in [-0.2, 0) is 0 Å². The Labute approximate surface area is 83.1 Å². The van der Waals surface area contributed by atoms with E-state index in [9.17, 15) is 10.2 Å². The smallest absolute Gasteiger partial charge is 0.0926 e. The van der Waals surface area contributed by atoms with Gasteiger partial charge in [-0.2, -0.15) is 0 Å². The summed E-state index contributed by atoms with van der Waals surface area (Å²) in [5.74, 6) is 0.108. The van der Waals surface area contributed by atoms with E-state index in [0.717, 1.165) is 12.8 Å². The van der Waals surface area contributed by atoms with Gasteiger partial charge < -0.3 is 10.2 Å². The van der Waals surface area contributed by atoms with Crippen molar-refractivity contribution in [2.45, 2.75) is 50.6 Å². The Hall–Kier alpha value is 0.400. The zero-order valence-corrected chi connectivity index (χ0v) is 9.58. The van der Waals surface area contributed by atoms with Crippen molar-refractivity contribution in [3.8, 4) is 0 Å². The highest BCUT2D eigenvalue weighted by Crippen LogP contribution is 2.18. The molecule has 0 fully saturated rings. The van der Waals surface area contributed by atoms with Crippen molar-refractivity contribution in [3.63, 3.8) is 0 Å². The molecule has 0 aromatic rings. The number of rotatable bonds is 5. The molecule has 0 aliphatic rings. The minimum Gasteiger partial charge on any atom is -0.390 e. The molecule has 0 rings (SSSR count). The van der Waals surface area contributed by atoms with Crippen LogP contribution in [0.3, 0.4) is 0 Å². The van der Waals surface area contributed by atoms with Gasteiger partial charge in [0.15, 0.2) is 0 Å². The Balaban J connectivity index is 3.90. The monoisotopic (exact) mass is 238 g/mol. The molecule has 0 aromatic carbocycles. The first-order valence-electron chi connectivity index (χ1n) is 4.50. The summed E-state index contributed by atoms with van der Waals surface area (Å²) in [7, 11) is 0. The van der Waals surface area contributed by atoms with Gasteiger partial charge in [0.2, 0.25) is 0 Å². The molecular weight excluding hydrogens is 220 g/mol. The number of hydrogen-bond donors (Lipinski definition) is 2. The van der Waals surface area contributed by atoms with Gasteiger partial charge in [0.05, 0.1) is 12.2 Å². The van der Waals surface area contributed by atoms with Gasteiger partial charge in [-0.15, -0.1) is 0 Å². The van der Waals surface area contributed by atoms with Crippen LogP contribution in [0.25, 0.3) is 0 Å². The van der Waals surface area contributed by atoms with E-state index in [1.165, 1.54) is 0 Å². The Morgan fingerprint density at radius 3 is 2.00 bits per heavy atom. The lowest BCUT2D eigenvalue weighted by Gasteiger charge is -2.24. The van der Waals surface area contributed by atoms with Crippen LogP contribution < -0.4 is 0 Å². The molecule has 0 saturated heterocycles. The van der Waals surface area contributed by atoms with Crippen LogP contribution >= 0.6 is 15.9 Å². The molecular formula is C9H19BrO2. The second kappa shape index (κ2) is 5.95. The highest BCUT2D eigenvalue weighted by molar-refractivity contribution is 9.09. The van der Waals surface area contributed by atoms with Gasteiger partial charge in [0.1, 0.15) is 0 Å². The van der Waals surface area contributed by atoms with Crippen LogP contribution in [0, 0.1) is 5.92 Å². The SMILES string of the molecule is CCC[C@@H](Br)[C@@H](O)[C@@H](O)C(C)C. The van der Waals surface area contributed by atoms with E-state index in [0.29, 0.717) is 0 Å². The first-order chi connectivity index (χ1) is 5.50. The zero-order chi connectivity index (χ0) is 9.72. The summed E-state index contributed by atoms with van der Waals surface area (Å²) in [5, 5.41) is 19.1. The summed E-state index contributed by atoms with van der Waals surface area (Å²) < 4.78 is 0. The fourth-order valence-electron chi connectivity index (χ4n) is 1.05. The number of halogens is 1. The molecule has 0 aromatic heterocycles. The molecule has 2 nitrogen and oxygen atoms in total. The standard InChI is InChI=1S/C9H19BrO2/c1-4-5-7(10)9(12)8(11)6(2)3/h6-9,11-12H,4-5H2,1-3H3/t7-,8+,9-/m1/s1. The molecule has 2 N–H and O–H groups in total. The molecule has 0 saturated carbocycles. The second-order valence-electron chi connectivity index (χ2n) is 3.53. The van der Waals surface area contributed by atoms with Crippen molar-refractivity contribution in [1.82, 2.24) is 0 Å². The predicted octanol–water partition coefficient (Wildman–Crippen LogP) is 1.93. The molecule has 74 valence electrons. The molecule has 0 aliphatic heterocycles. The summed E-state index contributed by atoms with van der Waals surface area (Å²) in [6, 6.07) is 0. The van der Waals surface area contributed by atoms with E-state index in [2.05, 4.69) is 22.9 Å². The summed E-state index contributed by atoms with van der Waals surface area (Å²) in [6.45, 7) is 5.86. The van der Waals surface area contributed by atoms with Crippen LogP contribution in [0.1, 0.15) is 33.6 Å². The summed E-state index contributed by atoms with van der Waals surface area (Å²) >= 11 is 3.36. The van der Waals surface area contributed by atoms with Gasteiger partial charge in [0, 0.05) is 4.83 Å². The molecule has 0 heterocycles. The third kappa shape index (κ3) is 3.87. The normalized spacial score (nSPS) is 19.2. The average molecular weight is 239 g/mol. The average Bonchev–Trinajstić information content (AvgIpc) is 2.02. The first kappa shape index (κ1) is 12.4. The van der Waals surface area contributed by atoms with Crippen molar-refractivity contribution >= 4 is 15.9 Å². The largest absolute Gasteiger partial charge is 0.390 e. The van der Waals surface area contributed by atoms with Crippen molar-refractivity contribution in [2.75, 3.05) is 0 Å². The van der Waals surface area contributed by atoms with Crippen molar-refractivity contribution in [3.05, 3.63) is 0 Å². The maximum absolute atomic E-state index is 9.59. The fourth-order valence-corrected chi connectivity index (χ4v) is 1.83. The fraction of sp³-hybridized carbons (Fsp3) is 1.00. The number of alkyl halides is 1. The number of hydrogen-bond acceptors (Lipinski definition) is 2.